The molecule has 2 rings (SSSR count). The molecule has 0 saturated heterocycles. The van der Waals surface area contributed by atoms with Gasteiger partial charge in [-0.25, -0.2) is 13.2 Å². The van der Waals surface area contributed by atoms with Gasteiger partial charge in [-0.3, -0.25) is 0 Å². The Kier molecular flexibility index (Phi) is 7.38. The zero-order valence-corrected chi connectivity index (χ0v) is 14.2. The van der Waals surface area contributed by atoms with Gasteiger partial charge < -0.3 is 4.74 Å². The molecule has 1 saturated carbocycles. The molecule has 0 atom stereocenters. The van der Waals surface area contributed by atoms with Gasteiger partial charge >= 0.3 is 0 Å². The first-order valence-electron chi connectivity index (χ1n) is 8.91. The zero-order valence-electron chi connectivity index (χ0n) is 14.2. The Morgan fingerprint density at radius 3 is 2.38 bits per heavy atom. The fraction of sp³-hybridized carbons (Fsp3) is 0.684. The Balaban J connectivity index is 1.94. The second-order valence-electron chi connectivity index (χ2n) is 6.70. The quantitative estimate of drug-likeness (QED) is 0.387. The van der Waals surface area contributed by atoms with E-state index in [1.807, 2.05) is 0 Å². The van der Waals surface area contributed by atoms with E-state index in [9.17, 15) is 17.6 Å². The molecule has 0 bridgehead atoms. The number of rotatable bonds is 8. The zero-order chi connectivity index (χ0) is 17.5. The average molecular weight is 346 g/mol. The number of hydrogen-bond donors (Lipinski definition) is 0. The van der Waals surface area contributed by atoms with E-state index in [1.54, 1.807) is 0 Å². The molecule has 1 aliphatic rings. The van der Waals surface area contributed by atoms with Crippen LogP contribution in [0.4, 0.5) is 17.6 Å². The van der Waals surface area contributed by atoms with Crippen LogP contribution in [0.2, 0.25) is 0 Å². The molecular weight excluding hydrogens is 320 g/mol. The van der Waals surface area contributed by atoms with Gasteiger partial charge in [-0.15, -0.1) is 0 Å². The topological polar surface area (TPSA) is 9.23 Å². The van der Waals surface area contributed by atoms with E-state index in [-0.39, 0.29) is 5.92 Å². The summed E-state index contributed by atoms with van der Waals surface area (Å²) in [7, 11) is 0. The van der Waals surface area contributed by atoms with Crippen LogP contribution in [-0.2, 0) is 0 Å². The molecule has 1 aromatic rings. The van der Waals surface area contributed by atoms with Gasteiger partial charge in [-0.05, 0) is 49.1 Å². The molecule has 24 heavy (non-hydrogen) atoms. The number of benzene rings is 1. The summed E-state index contributed by atoms with van der Waals surface area (Å²) in [5.41, 5.74) is 0.351. The molecule has 0 radical (unpaired) electrons. The summed E-state index contributed by atoms with van der Waals surface area (Å²) >= 11 is 0. The normalized spacial score (nSPS) is 21.2. The van der Waals surface area contributed by atoms with Crippen LogP contribution in [0.15, 0.2) is 12.1 Å². The van der Waals surface area contributed by atoms with Gasteiger partial charge in [-0.1, -0.05) is 38.7 Å². The van der Waals surface area contributed by atoms with Gasteiger partial charge in [0, 0.05) is 0 Å². The summed E-state index contributed by atoms with van der Waals surface area (Å²) < 4.78 is 57.2. The van der Waals surface area contributed by atoms with Gasteiger partial charge in [0.05, 0.1) is 0 Å². The van der Waals surface area contributed by atoms with Crippen LogP contribution in [0.5, 0.6) is 5.75 Å². The fourth-order valence-electron chi connectivity index (χ4n) is 3.57. The highest BCUT2D eigenvalue weighted by Crippen LogP contribution is 2.40. The Morgan fingerprint density at radius 2 is 1.75 bits per heavy atom. The van der Waals surface area contributed by atoms with Gasteiger partial charge in [0.15, 0.2) is 11.6 Å². The number of ether oxygens (including phenoxy) is 1. The number of alkyl halides is 2. The monoisotopic (exact) mass is 346 g/mol. The van der Waals surface area contributed by atoms with Crippen molar-refractivity contribution >= 4 is 0 Å². The second-order valence-corrected chi connectivity index (χ2v) is 6.70. The summed E-state index contributed by atoms with van der Waals surface area (Å²) in [6.07, 6.45) is 5.99. The molecular formula is C19H26F4O. The minimum Gasteiger partial charge on any atom is -0.484 e. The van der Waals surface area contributed by atoms with Crippen LogP contribution >= 0.6 is 0 Å². The maximum absolute atomic E-state index is 14.3. The number of unbranched alkanes of at least 4 members (excludes halogenated alkanes) is 2. The lowest BCUT2D eigenvalue weighted by Gasteiger charge is -2.29. The molecule has 0 unspecified atom stereocenters. The van der Waals surface area contributed by atoms with Crippen molar-refractivity contribution in [2.45, 2.75) is 70.6 Å². The Hall–Kier alpha value is -1.26. The van der Waals surface area contributed by atoms with Crippen LogP contribution < -0.4 is 4.74 Å². The lowest BCUT2D eigenvalue weighted by atomic mass is 9.77. The van der Waals surface area contributed by atoms with Crippen molar-refractivity contribution in [3.05, 3.63) is 29.3 Å². The summed E-state index contributed by atoms with van der Waals surface area (Å²) in [6.45, 7) is 1.25. The van der Waals surface area contributed by atoms with Crippen LogP contribution in [0.1, 0.15) is 69.8 Å². The van der Waals surface area contributed by atoms with Gasteiger partial charge in [-0.2, -0.15) is 4.39 Å². The van der Waals surface area contributed by atoms with E-state index in [2.05, 4.69) is 11.7 Å². The summed E-state index contributed by atoms with van der Waals surface area (Å²) in [6, 6.07) is 2.75. The number of halogens is 4. The average Bonchev–Trinajstić information content (AvgIpc) is 2.57. The van der Waals surface area contributed by atoms with Gasteiger partial charge in [0.25, 0.3) is 6.43 Å². The molecule has 0 heterocycles. The molecule has 0 N–H and O–H groups in total. The van der Waals surface area contributed by atoms with Crippen LogP contribution in [0, 0.1) is 17.6 Å². The van der Waals surface area contributed by atoms with E-state index in [0.717, 1.165) is 25.7 Å². The number of hydrogen-bond acceptors (Lipinski definition) is 1. The lowest BCUT2D eigenvalue weighted by Crippen LogP contribution is -2.15. The third-order valence-corrected chi connectivity index (χ3v) is 4.94. The first kappa shape index (κ1) is 19.1. The maximum Gasteiger partial charge on any atom is 0.272 e. The molecule has 0 spiro atoms. The smallest absolute Gasteiger partial charge is 0.272 e. The van der Waals surface area contributed by atoms with Crippen molar-refractivity contribution in [2.24, 2.45) is 5.92 Å². The second kappa shape index (κ2) is 9.28. The molecule has 1 aliphatic carbocycles. The predicted molar refractivity (Wildman–Crippen MR) is 86.7 cm³/mol. The molecule has 5 heteroatoms. The first-order chi connectivity index (χ1) is 11.5. The van der Waals surface area contributed by atoms with E-state index >= 15 is 0 Å². The molecule has 136 valence electrons. The first-order valence-corrected chi connectivity index (χ1v) is 8.91. The molecule has 0 aliphatic heterocycles. The van der Waals surface area contributed by atoms with E-state index in [1.165, 1.54) is 37.8 Å². The Labute approximate surface area is 141 Å². The molecule has 0 aromatic heterocycles. The van der Waals surface area contributed by atoms with Crippen LogP contribution in [0.25, 0.3) is 0 Å². The summed E-state index contributed by atoms with van der Waals surface area (Å²) in [4.78, 5) is 0. The fourth-order valence-corrected chi connectivity index (χ4v) is 3.57. The highest BCUT2D eigenvalue weighted by Gasteiger charge is 2.26. The minimum absolute atomic E-state index is 0.00562. The molecule has 1 nitrogen and oxygen atoms in total. The van der Waals surface area contributed by atoms with Crippen molar-refractivity contribution in [3.63, 3.8) is 0 Å². The molecule has 0 amide bonds. The van der Waals surface area contributed by atoms with Crippen molar-refractivity contribution in [2.75, 3.05) is 6.61 Å². The van der Waals surface area contributed by atoms with Crippen molar-refractivity contribution in [1.29, 1.82) is 0 Å². The molecule has 1 aromatic carbocycles. The van der Waals surface area contributed by atoms with Crippen molar-refractivity contribution in [1.82, 2.24) is 0 Å². The Morgan fingerprint density at radius 1 is 1.04 bits per heavy atom. The standard InChI is InChI=1S/C19H26F4O/c1-2-3-4-5-13-6-8-14(9-7-13)15-10-11-16(19(23)18(15)22)24-12-17(20)21/h10-11,13-14,17H,2-9,12H2,1H3/t13-,14-. The highest BCUT2D eigenvalue weighted by atomic mass is 19.3. The maximum atomic E-state index is 14.3. The lowest BCUT2D eigenvalue weighted by molar-refractivity contribution is 0.0794. The SMILES string of the molecule is CCCCC[C@H]1CC[C@H](c2ccc(OCC(F)F)c(F)c2F)CC1. The summed E-state index contributed by atoms with van der Waals surface area (Å²) in [5, 5.41) is 0. The van der Waals surface area contributed by atoms with E-state index in [4.69, 9.17) is 0 Å². The van der Waals surface area contributed by atoms with Crippen molar-refractivity contribution < 1.29 is 22.3 Å². The third-order valence-electron chi connectivity index (χ3n) is 4.94. The Bertz CT molecular complexity index is 510. The highest BCUT2D eigenvalue weighted by molar-refractivity contribution is 5.33. The van der Waals surface area contributed by atoms with Gasteiger partial charge in [0.1, 0.15) is 6.61 Å². The van der Waals surface area contributed by atoms with E-state index < -0.39 is 30.4 Å². The third kappa shape index (κ3) is 5.12. The minimum atomic E-state index is -2.71. The van der Waals surface area contributed by atoms with Gasteiger partial charge in [0.2, 0.25) is 5.82 Å². The van der Waals surface area contributed by atoms with E-state index in [0.29, 0.717) is 11.5 Å². The molecule has 1 fully saturated rings. The van der Waals surface area contributed by atoms with Crippen LogP contribution in [-0.4, -0.2) is 13.0 Å². The predicted octanol–water partition coefficient (Wildman–Crippen LogP) is 6.46. The van der Waals surface area contributed by atoms with Crippen molar-refractivity contribution in [3.8, 4) is 5.75 Å². The van der Waals surface area contributed by atoms with Crippen LogP contribution in [0.3, 0.4) is 0 Å². The largest absolute Gasteiger partial charge is 0.484 e. The summed E-state index contributed by atoms with van der Waals surface area (Å²) in [5.74, 6) is -1.85.